The fourth-order valence-corrected chi connectivity index (χ4v) is 2.18. The summed E-state index contributed by atoms with van der Waals surface area (Å²) in [4.78, 5) is 34.3. The zero-order chi connectivity index (χ0) is 16.7. The van der Waals surface area contributed by atoms with E-state index in [1.54, 1.807) is 6.92 Å². The lowest BCUT2D eigenvalue weighted by molar-refractivity contribution is -0.484. The van der Waals surface area contributed by atoms with Gasteiger partial charge in [0, 0.05) is 9.95 Å². The SMILES string of the molecule is CCOC(=O)C(C(=O)OC)C(C[N+](=O)[O-])c1ccc(Cl)cc1. The van der Waals surface area contributed by atoms with Crippen molar-refractivity contribution in [1.29, 1.82) is 0 Å². The van der Waals surface area contributed by atoms with Crippen LogP contribution in [0.4, 0.5) is 0 Å². The lowest BCUT2D eigenvalue weighted by atomic mass is 9.86. The van der Waals surface area contributed by atoms with Crippen LogP contribution in [0.5, 0.6) is 0 Å². The number of nitrogens with zero attached hydrogens (tertiary/aromatic N) is 1. The van der Waals surface area contributed by atoms with E-state index in [1.807, 2.05) is 0 Å². The van der Waals surface area contributed by atoms with Gasteiger partial charge in [0.15, 0.2) is 5.92 Å². The fraction of sp³-hybridized carbons (Fsp3) is 0.429. The Balaban J connectivity index is 3.24. The van der Waals surface area contributed by atoms with E-state index in [4.69, 9.17) is 16.3 Å². The van der Waals surface area contributed by atoms with Gasteiger partial charge in [0.2, 0.25) is 6.54 Å². The van der Waals surface area contributed by atoms with Crippen LogP contribution in [0.2, 0.25) is 5.02 Å². The van der Waals surface area contributed by atoms with Crippen molar-refractivity contribution in [2.24, 2.45) is 5.92 Å². The molecule has 0 spiro atoms. The van der Waals surface area contributed by atoms with Gasteiger partial charge in [-0.3, -0.25) is 19.7 Å². The Morgan fingerprint density at radius 2 is 1.86 bits per heavy atom. The van der Waals surface area contributed by atoms with Crippen LogP contribution in [0.1, 0.15) is 18.4 Å². The molecule has 8 heteroatoms. The number of hydrogen-bond acceptors (Lipinski definition) is 6. The highest BCUT2D eigenvalue weighted by Gasteiger charge is 2.41. The molecule has 0 radical (unpaired) electrons. The molecular weight excluding hydrogens is 314 g/mol. The summed E-state index contributed by atoms with van der Waals surface area (Å²) < 4.78 is 9.45. The van der Waals surface area contributed by atoms with Gasteiger partial charge in [0.05, 0.1) is 19.6 Å². The van der Waals surface area contributed by atoms with E-state index in [2.05, 4.69) is 4.74 Å². The van der Waals surface area contributed by atoms with Gasteiger partial charge in [-0.15, -0.1) is 0 Å². The quantitative estimate of drug-likeness (QED) is 0.329. The molecule has 0 bridgehead atoms. The Morgan fingerprint density at radius 3 is 2.32 bits per heavy atom. The molecule has 0 heterocycles. The van der Waals surface area contributed by atoms with Gasteiger partial charge >= 0.3 is 11.9 Å². The number of halogens is 1. The third kappa shape index (κ3) is 4.70. The normalized spacial score (nSPS) is 13.0. The summed E-state index contributed by atoms with van der Waals surface area (Å²) in [5, 5.41) is 11.4. The molecule has 0 saturated heterocycles. The van der Waals surface area contributed by atoms with Crippen LogP contribution >= 0.6 is 11.6 Å². The molecule has 0 N–H and O–H groups in total. The van der Waals surface area contributed by atoms with Crippen LogP contribution in [0.3, 0.4) is 0 Å². The minimum atomic E-state index is -1.41. The predicted molar refractivity (Wildman–Crippen MR) is 78.2 cm³/mol. The summed E-state index contributed by atoms with van der Waals surface area (Å²) in [5.41, 5.74) is 0.435. The summed E-state index contributed by atoms with van der Waals surface area (Å²) in [6.45, 7) is 1.02. The predicted octanol–water partition coefficient (Wildman–Crippen LogP) is 2.05. The molecule has 22 heavy (non-hydrogen) atoms. The van der Waals surface area contributed by atoms with Crippen molar-refractivity contribution in [2.45, 2.75) is 12.8 Å². The second-order valence-corrected chi connectivity index (χ2v) is 4.86. The molecule has 1 aromatic rings. The minimum Gasteiger partial charge on any atom is -0.468 e. The van der Waals surface area contributed by atoms with Gasteiger partial charge in [-0.25, -0.2) is 0 Å². The highest BCUT2D eigenvalue weighted by molar-refractivity contribution is 6.30. The molecule has 0 fully saturated rings. The van der Waals surface area contributed by atoms with E-state index in [0.717, 1.165) is 7.11 Å². The molecule has 0 aliphatic carbocycles. The van der Waals surface area contributed by atoms with E-state index >= 15 is 0 Å². The second-order valence-electron chi connectivity index (χ2n) is 4.43. The Bertz CT molecular complexity index is 545. The number of rotatable bonds is 7. The number of ether oxygens (including phenoxy) is 2. The average molecular weight is 330 g/mol. The van der Waals surface area contributed by atoms with E-state index in [1.165, 1.54) is 24.3 Å². The first kappa shape index (κ1) is 17.9. The van der Waals surface area contributed by atoms with E-state index < -0.39 is 35.2 Å². The summed E-state index contributed by atoms with van der Waals surface area (Å²) in [7, 11) is 1.11. The lowest BCUT2D eigenvalue weighted by Crippen LogP contribution is -2.36. The number of nitro groups is 1. The number of hydrogen-bond donors (Lipinski definition) is 0. The lowest BCUT2D eigenvalue weighted by Gasteiger charge is -2.21. The first-order valence-corrected chi connectivity index (χ1v) is 6.90. The maximum Gasteiger partial charge on any atom is 0.321 e. The fourth-order valence-electron chi connectivity index (χ4n) is 2.06. The highest BCUT2D eigenvalue weighted by atomic mass is 35.5. The zero-order valence-corrected chi connectivity index (χ0v) is 12.9. The number of esters is 2. The zero-order valence-electron chi connectivity index (χ0n) is 12.2. The van der Waals surface area contributed by atoms with Crippen molar-refractivity contribution in [2.75, 3.05) is 20.3 Å². The van der Waals surface area contributed by atoms with Gasteiger partial charge < -0.3 is 9.47 Å². The molecule has 0 aromatic heterocycles. The third-order valence-corrected chi connectivity index (χ3v) is 3.29. The second kappa shape index (κ2) is 8.33. The topological polar surface area (TPSA) is 95.7 Å². The van der Waals surface area contributed by atoms with Gasteiger partial charge in [0.1, 0.15) is 0 Å². The molecule has 0 aliphatic rings. The Morgan fingerprint density at radius 1 is 1.27 bits per heavy atom. The van der Waals surface area contributed by atoms with E-state index in [0.29, 0.717) is 10.6 Å². The Kier molecular flexibility index (Phi) is 6.78. The smallest absolute Gasteiger partial charge is 0.321 e. The minimum absolute atomic E-state index is 0.0537. The van der Waals surface area contributed by atoms with Crippen LogP contribution in [0.15, 0.2) is 24.3 Å². The molecule has 120 valence electrons. The van der Waals surface area contributed by atoms with Crippen molar-refractivity contribution in [3.05, 3.63) is 45.0 Å². The van der Waals surface area contributed by atoms with E-state index in [-0.39, 0.29) is 6.61 Å². The van der Waals surface area contributed by atoms with Gasteiger partial charge in [-0.1, -0.05) is 23.7 Å². The molecular formula is C14H16ClNO6. The number of carbonyl (C=O) groups excluding carboxylic acids is 2. The molecule has 1 aromatic carbocycles. The number of carbonyl (C=O) groups is 2. The monoisotopic (exact) mass is 329 g/mol. The van der Waals surface area contributed by atoms with Crippen molar-refractivity contribution in [1.82, 2.24) is 0 Å². The van der Waals surface area contributed by atoms with Gasteiger partial charge in [-0.05, 0) is 24.6 Å². The van der Waals surface area contributed by atoms with Crippen molar-refractivity contribution >= 4 is 23.5 Å². The van der Waals surface area contributed by atoms with Crippen LogP contribution in [0, 0.1) is 16.0 Å². The van der Waals surface area contributed by atoms with Crippen LogP contribution in [-0.2, 0) is 19.1 Å². The maximum atomic E-state index is 12.0. The van der Waals surface area contributed by atoms with Gasteiger partial charge in [0.25, 0.3) is 0 Å². The summed E-state index contributed by atoms with van der Waals surface area (Å²) >= 11 is 5.79. The molecule has 1 rings (SSSR count). The first-order chi connectivity index (χ1) is 10.4. The standard InChI is InChI=1S/C14H16ClNO6/c1-3-22-14(18)12(13(17)21-2)11(8-16(19)20)9-4-6-10(15)7-5-9/h4-7,11-12H,3,8H2,1-2H3. The van der Waals surface area contributed by atoms with Crippen LogP contribution in [0.25, 0.3) is 0 Å². The third-order valence-electron chi connectivity index (χ3n) is 3.04. The average Bonchev–Trinajstić information content (AvgIpc) is 2.47. The van der Waals surface area contributed by atoms with Gasteiger partial charge in [-0.2, -0.15) is 0 Å². The van der Waals surface area contributed by atoms with E-state index in [9.17, 15) is 19.7 Å². The molecule has 2 atom stereocenters. The molecule has 0 saturated carbocycles. The summed E-state index contributed by atoms with van der Waals surface area (Å²) in [6.07, 6.45) is 0. The Labute approximate surface area is 132 Å². The van der Waals surface area contributed by atoms with Crippen LogP contribution in [-0.4, -0.2) is 37.1 Å². The summed E-state index contributed by atoms with van der Waals surface area (Å²) in [6, 6.07) is 6.13. The van der Waals surface area contributed by atoms with Crippen molar-refractivity contribution in [3.8, 4) is 0 Å². The summed E-state index contributed by atoms with van der Waals surface area (Å²) in [5.74, 6) is -4.13. The number of benzene rings is 1. The van der Waals surface area contributed by atoms with Crippen LogP contribution < -0.4 is 0 Å². The first-order valence-electron chi connectivity index (χ1n) is 6.52. The Hall–Kier alpha value is -2.15. The molecule has 7 nitrogen and oxygen atoms in total. The van der Waals surface area contributed by atoms with Crippen molar-refractivity contribution in [3.63, 3.8) is 0 Å². The number of methoxy groups -OCH3 is 1. The molecule has 0 aliphatic heterocycles. The van der Waals surface area contributed by atoms with Crippen molar-refractivity contribution < 1.29 is 24.0 Å². The molecule has 0 amide bonds. The largest absolute Gasteiger partial charge is 0.468 e. The highest BCUT2D eigenvalue weighted by Crippen LogP contribution is 2.28. The molecule has 2 unspecified atom stereocenters. The maximum absolute atomic E-state index is 12.0.